The normalized spacial score (nSPS) is 27.4. The molecule has 9 aromatic rings. The summed E-state index contributed by atoms with van der Waals surface area (Å²) in [4.78, 5) is 0. The van der Waals surface area contributed by atoms with Crippen LogP contribution in [-0.2, 0) is 73.6 Å². The van der Waals surface area contributed by atoms with Gasteiger partial charge in [-0.25, -0.2) is 0 Å². The Bertz CT molecular complexity index is 3820. The van der Waals surface area contributed by atoms with Crippen molar-refractivity contribution < 1.29 is 61.9 Å². The molecule has 6 aliphatic rings. The van der Waals surface area contributed by atoms with Crippen LogP contribution in [-0.4, -0.2) is 114 Å². The zero-order valence-electron chi connectivity index (χ0n) is 60.0. The summed E-state index contributed by atoms with van der Waals surface area (Å²) >= 11 is 0. The van der Waals surface area contributed by atoms with Crippen LogP contribution in [0.15, 0.2) is 273 Å². The molecule has 0 amide bonds. The molecule has 6 fully saturated rings. The van der Waals surface area contributed by atoms with Crippen LogP contribution in [0.2, 0.25) is 0 Å². The lowest BCUT2D eigenvalue weighted by molar-refractivity contribution is -0.247. The lowest BCUT2D eigenvalue weighted by Gasteiger charge is -2.37. The number of aliphatic hydroxyl groups excluding tert-OH is 1. The van der Waals surface area contributed by atoms with Crippen LogP contribution in [0.4, 0.5) is 0 Å². The van der Waals surface area contributed by atoms with Gasteiger partial charge in [-0.1, -0.05) is 280 Å². The molecule has 0 spiro atoms. The van der Waals surface area contributed by atoms with Gasteiger partial charge in [-0.2, -0.15) is 10.5 Å². The Labute approximate surface area is 613 Å². The summed E-state index contributed by atoms with van der Waals surface area (Å²) in [7, 11) is 0. The van der Waals surface area contributed by atoms with Gasteiger partial charge in [0.1, 0.15) is 82.4 Å². The Kier molecular flexibility index (Phi) is 22.3. The molecule has 0 radical (unpaired) electrons. The molecule has 12 atom stereocenters. The highest BCUT2D eigenvalue weighted by Crippen LogP contribution is 2.53. The van der Waals surface area contributed by atoms with Gasteiger partial charge in [0.25, 0.3) is 0 Å². The largest absolute Gasteiger partial charge is 0.366 e. The van der Waals surface area contributed by atoms with Crippen molar-refractivity contribution in [2.24, 2.45) is 0 Å². The molecule has 6 heterocycles. The minimum atomic E-state index is -1.10. The fourth-order valence-corrected chi connectivity index (χ4v) is 16.3. The van der Waals surface area contributed by atoms with Gasteiger partial charge < -0.3 is 61.9 Å². The third kappa shape index (κ3) is 14.5. The molecule has 15 nitrogen and oxygen atoms in total. The predicted molar refractivity (Wildman–Crippen MR) is 396 cm³/mol. The summed E-state index contributed by atoms with van der Waals surface area (Å²) < 4.78 is 76.9. The van der Waals surface area contributed by atoms with Crippen LogP contribution in [0, 0.1) is 22.7 Å². The van der Waals surface area contributed by atoms with Gasteiger partial charge in [-0.05, 0) is 112 Å². The van der Waals surface area contributed by atoms with Crippen molar-refractivity contribution in [1.29, 1.82) is 10.5 Å². The molecular weight excluding hydrogens is 1300 g/mol. The van der Waals surface area contributed by atoms with Gasteiger partial charge in [0.05, 0.1) is 44.8 Å². The molecule has 540 valence electrons. The molecule has 0 aliphatic carbocycles. The average Bonchev–Trinajstić information content (AvgIpc) is 1.48. The van der Waals surface area contributed by atoms with Crippen LogP contribution < -0.4 is 0 Å². The monoisotopic (exact) mass is 1400 g/mol. The third-order valence-electron chi connectivity index (χ3n) is 20.7. The van der Waals surface area contributed by atoms with E-state index in [2.05, 4.69) is 121 Å². The zero-order chi connectivity index (χ0) is 72.1. The number of benzene rings is 9. The van der Waals surface area contributed by atoms with Crippen molar-refractivity contribution in [3.63, 3.8) is 0 Å². The number of fused-ring (bicyclic) bond motifs is 3. The number of hydrogen-bond donors (Lipinski definition) is 1. The maximum absolute atomic E-state index is 10.7. The predicted octanol–water partition coefficient (Wildman–Crippen LogP) is 16.4. The Balaban J connectivity index is 0.000000146. The summed E-state index contributed by atoms with van der Waals surface area (Å²) in [5, 5.41) is 29.5. The van der Waals surface area contributed by atoms with Gasteiger partial charge >= 0.3 is 0 Å². The van der Waals surface area contributed by atoms with E-state index in [1.54, 1.807) is 0 Å². The van der Waals surface area contributed by atoms with Crippen molar-refractivity contribution in [2.45, 2.75) is 189 Å². The number of nitrogens with zero attached hydrogens (tertiary/aromatic N) is 2. The third-order valence-corrected chi connectivity index (χ3v) is 20.7. The first-order chi connectivity index (χ1) is 49.6. The molecule has 6 aliphatic heterocycles. The van der Waals surface area contributed by atoms with Gasteiger partial charge in [0.2, 0.25) is 0 Å². The van der Waals surface area contributed by atoms with E-state index in [9.17, 15) is 15.6 Å². The van der Waals surface area contributed by atoms with E-state index in [1.165, 1.54) is 0 Å². The van der Waals surface area contributed by atoms with Crippen LogP contribution in [0.3, 0.4) is 0 Å². The topological polar surface area (TPSA) is 179 Å². The first kappa shape index (κ1) is 75.1. The highest BCUT2D eigenvalue weighted by molar-refractivity contribution is 5.51. The maximum atomic E-state index is 10.7. The lowest BCUT2D eigenvalue weighted by Crippen LogP contribution is -2.44. The molecule has 0 bridgehead atoms. The molecule has 104 heavy (non-hydrogen) atoms. The molecule has 1 N–H and O–H groups in total. The number of ether oxygens (including phenoxy) is 12. The second-order valence-electron chi connectivity index (χ2n) is 29.0. The van der Waals surface area contributed by atoms with E-state index in [-0.39, 0.29) is 52.3 Å². The summed E-state index contributed by atoms with van der Waals surface area (Å²) in [6, 6.07) is 96.6. The standard InChI is InChI=1S/2C30H31NO4.C28H30O5.CH4/c2*1-28(2)34-27-25(33-26(19-20-31)29(27,3)35-28)21-32-30(22-13-7-4-8-14-22,23-15-9-5-10-16-23)24-17-11-6-12-18-24;1-26(2)32-24-23(31-25(29)27(24,3)33-26)19-30-28(20-13-7-4-8-14-20,21-15-9-5-10-16-21)22-17-11-6-12-18-22;/h2*4-18,25-27H,19,21H2,1-3H3;4-18,23-25,29H,19H2,1-3H3;1H4/t25?,26-,27+,29-;25?,26-,27-,29+;23?,24-,25?,27-;/m011./s1. The Hall–Kier alpha value is -8.56. The van der Waals surface area contributed by atoms with Gasteiger partial charge in [-0.3, -0.25) is 0 Å². The smallest absolute Gasteiger partial charge is 0.187 e. The molecule has 9 aromatic carbocycles. The molecule has 4 unspecified atom stereocenters. The van der Waals surface area contributed by atoms with E-state index in [4.69, 9.17) is 56.8 Å². The van der Waals surface area contributed by atoms with Crippen LogP contribution in [0.25, 0.3) is 0 Å². The first-order valence-corrected chi connectivity index (χ1v) is 35.6. The quantitative estimate of drug-likeness (QED) is 0.0712. The highest BCUT2D eigenvalue weighted by Gasteiger charge is 2.66. The van der Waals surface area contributed by atoms with Crippen LogP contribution in [0.5, 0.6) is 0 Å². The average molecular weight is 1400 g/mol. The van der Waals surface area contributed by atoms with Crippen molar-refractivity contribution in [3.8, 4) is 12.1 Å². The SMILES string of the molecule is C.CC1(C)O[C@@H]2C(COC(c3ccccc3)(c3ccccc3)c3ccccc3)OC(O)[C@]2(C)O1.CC1(C)O[C@@H]2C(COC(c3ccccc3)(c3ccccc3)c3ccccc3)O[C@@H](CC#N)[C@]2(C)O1.CC1(C)O[C@@H]2C(COC(c3ccccc3)(c3ccccc3)c3ccccc3)O[C@H](CC#N)[C@]2(C)O1. The van der Waals surface area contributed by atoms with Crippen molar-refractivity contribution in [1.82, 2.24) is 0 Å². The lowest BCUT2D eigenvalue weighted by atomic mass is 9.80. The van der Waals surface area contributed by atoms with E-state index < -0.39 is 93.9 Å². The van der Waals surface area contributed by atoms with E-state index in [1.807, 2.05) is 226 Å². The maximum Gasteiger partial charge on any atom is 0.187 e. The molecule has 15 rings (SSSR count). The van der Waals surface area contributed by atoms with Gasteiger partial charge in [0, 0.05) is 0 Å². The molecular formula is C89H96N2O13. The zero-order valence-corrected chi connectivity index (χ0v) is 60.0. The number of aliphatic hydroxyl groups is 1. The first-order valence-electron chi connectivity index (χ1n) is 35.6. The highest BCUT2D eigenvalue weighted by atomic mass is 16.8. The number of nitriles is 2. The van der Waals surface area contributed by atoms with Gasteiger partial charge in [0.15, 0.2) is 23.7 Å². The fraction of sp³-hybridized carbons (Fsp3) is 0.371. The second kappa shape index (κ2) is 30.9. The number of hydrogen-bond acceptors (Lipinski definition) is 15. The fourth-order valence-electron chi connectivity index (χ4n) is 16.3. The summed E-state index contributed by atoms with van der Waals surface area (Å²) in [5.74, 6) is -2.33. The van der Waals surface area contributed by atoms with Crippen molar-refractivity contribution >= 4 is 0 Å². The van der Waals surface area contributed by atoms with E-state index >= 15 is 0 Å². The molecule has 0 saturated carbocycles. The Morgan fingerprint density at radius 3 is 0.721 bits per heavy atom. The Morgan fingerprint density at radius 1 is 0.317 bits per heavy atom. The Morgan fingerprint density at radius 2 is 0.510 bits per heavy atom. The minimum absolute atomic E-state index is 0. The minimum Gasteiger partial charge on any atom is -0.366 e. The number of rotatable bonds is 20. The van der Waals surface area contributed by atoms with E-state index in [0.717, 1.165) is 50.1 Å². The van der Waals surface area contributed by atoms with Crippen molar-refractivity contribution in [3.05, 3.63) is 323 Å². The summed E-state index contributed by atoms with van der Waals surface area (Å²) in [5.41, 5.74) is 4.19. The molecule has 15 heteroatoms. The van der Waals surface area contributed by atoms with Crippen LogP contribution in [0.1, 0.15) is 133 Å². The van der Waals surface area contributed by atoms with Crippen LogP contribution >= 0.6 is 0 Å². The summed E-state index contributed by atoms with van der Waals surface area (Å²) in [6.45, 7) is 17.8. The molecule has 0 aromatic heterocycles. The second-order valence-corrected chi connectivity index (χ2v) is 29.0. The summed E-state index contributed by atoms with van der Waals surface area (Å²) in [6.07, 6.45) is -3.88. The van der Waals surface area contributed by atoms with Gasteiger partial charge in [-0.15, -0.1) is 0 Å². The van der Waals surface area contributed by atoms with E-state index in [0.29, 0.717) is 0 Å². The molecule has 6 saturated heterocycles. The van der Waals surface area contributed by atoms with Crippen molar-refractivity contribution in [2.75, 3.05) is 19.8 Å².